The Labute approximate surface area is 456 Å². The molecule has 7 atom stereocenters. The molecule has 1 unspecified atom stereocenters. The third-order valence-electron chi connectivity index (χ3n) is 16.0. The van der Waals surface area contributed by atoms with E-state index in [9.17, 15) is 43.2 Å². The van der Waals surface area contributed by atoms with Gasteiger partial charge in [0.1, 0.15) is 29.9 Å². The lowest BCUT2D eigenvalue weighted by Gasteiger charge is -2.57. The molecule has 4 saturated carbocycles. The first-order valence-corrected chi connectivity index (χ1v) is 27.6. The fraction of sp³-hybridized carbons (Fsp3) is 0.607. The Morgan fingerprint density at radius 1 is 0.718 bits per heavy atom. The molecule has 22 nitrogen and oxygen atoms in total. The van der Waals surface area contributed by atoms with Crippen molar-refractivity contribution in [2.45, 2.75) is 166 Å². The van der Waals surface area contributed by atoms with Crippen LogP contribution in [-0.2, 0) is 56.0 Å². The van der Waals surface area contributed by atoms with E-state index in [-0.39, 0.29) is 62.8 Å². The summed E-state index contributed by atoms with van der Waals surface area (Å²) in [7, 11) is 0. The summed E-state index contributed by atoms with van der Waals surface area (Å²) in [4.78, 5) is 129. The number of benzene rings is 2. The molecule has 2 aromatic carbocycles. The Morgan fingerprint density at radius 2 is 1.33 bits per heavy atom. The Hall–Kier alpha value is -6.94. The number of ether oxygens (including phenoxy) is 1. The number of rotatable bonds is 28. The average Bonchev–Trinajstić information content (AvgIpc) is 4.03. The van der Waals surface area contributed by atoms with Crippen molar-refractivity contribution in [3.05, 3.63) is 65.7 Å². The van der Waals surface area contributed by atoms with E-state index in [4.69, 9.17) is 33.4 Å². The van der Waals surface area contributed by atoms with Crippen molar-refractivity contribution in [2.75, 3.05) is 19.7 Å². The normalized spacial score (nSPS) is 23.7. The predicted octanol–water partition coefficient (Wildman–Crippen LogP) is 0.639. The molecule has 1 saturated heterocycles. The third kappa shape index (κ3) is 15.4. The van der Waals surface area contributed by atoms with Crippen LogP contribution in [0.4, 0.5) is 0 Å². The van der Waals surface area contributed by atoms with Gasteiger partial charge in [-0.2, -0.15) is 0 Å². The van der Waals surface area contributed by atoms with E-state index < -0.39 is 107 Å². The van der Waals surface area contributed by atoms with Gasteiger partial charge in [-0.25, -0.2) is 0 Å². The zero-order valence-electron chi connectivity index (χ0n) is 45.6. The fourth-order valence-corrected chi connectivity index (χ4v) is 12.5. The second-order valence-electron chi connectivity index (χ2n) is 22.4. The van der Waals surface area contributed by atoms with Crippen molar-refractivity contribution in [2.24, 2.45) is 62.7 Å². The molecule has 7 rings (SSSR count). The van der Waals surface area contributed by atoms with Crippen LogP contribution in [0.3, 0.4) is 0 Å². The number of guanidine groups is 1. The zero-order valence-corrected chi connectivity index (χ0v) is 45.6. The van der Waals surface area contributed by atoms with Crippen LogP contribution >= 0.6 is 0 Å². The lowest BCUT2D eigenvalue weighted by atomic mass is 9.48. The highest BCUT2D eigenvalue weighted by molar-refractivity contribution is 6.14. The molecule has 8 amide bonds. The van der Waals surface area contributed by atoms with Crippen LogP contribution < -0.4 is 60.0 Å². The molecule has 4 bridgehead atoms. The van der Waals surface area contributed by atoms with Gasteiger partial charge in [-0.15, -0.1) is 0 Å². The van der Waals surface area contributed by atoms with Gasteiger partial charge in [0.25, 0.3) is 5.91 Å². The number of likely N-dealkylation sites (tertiary alicyclic amines) is 1. The number of carbonyl (C=O) groups excluding carboxylic acids is 9. The van der Waals surface area contributed by atoms with Gasteiger partial charge in [-0.3, -0.25) is 53.5 Å². The van der Waals surface area contributed by atoms with Gasteiger partial charge in [0.2, 0.25) is 41.4 Å². The highest BCUT2D eigenvalue weighted by Gasteiger charge is 2.59. The van der Waals surface area contributed by atoms with Crippen LogP contribution in [0.15, 0.2) is 59.6 Å². The summed E-state index contributed by atoms with van der Waals surface area (Å²) in [5, 5.41) is 13.0. The summed E-state index contributed by atoms with van der Waals surface area (Å²) in [6, 6.07) is 8.76. The van der Waals surface area contributed by atoms with Crippen LogP contribution in [-0.4, -0.2) is 125 Å². The molecule has 5 fully saturated rings. The van der Waals surface area contributed by atoms with Crippen molar-refractivity contribution in [3.63, 3.8) is 0 Å². The van der Waals surface area contributed by atoms with Crippen LogP contribution in [0.1, 0.15) is 122 Å². The lowest BCUT2D eigenvalue weighted by Crippen LogP contribution is -2.66. The molecule has 2 aromatic rings. The first kappa shape index (κ1) is 60.3. The molecule has 5 aliphatic rings. The van der Waals surface area contributed by atoms with E-state index >= 15 is 0 Å². The lowest BCUT2D eigenvalue weighted by molar-refractivity contribution is -0.156. The number of hydrogen-bond donors (Lipinski definition) is 10. The highest BCUT2D eigenvalue weighted by Crippen LogP contribution is 2.62. The molecular weight excluding hydrogens is 1000 g/mol. The first-order chi connectivity index (χ1) is 37.1. The van der Waals surface area contributed by atoms with Gasteiger partial charge in [-0.05, 0) is 136 Å². The number of Topliss-reactive ketones (excluding diaryl/α,β-unsaturated/α-hetero) is 1. The van der Waals surface area contributed by atoms with E-state index in [1.807, 2.05) is 6.92 Å². The Bertz CT molecular complexity index is 2490. The first-order valence-electron chi connectivity index (χ1n) is 27.6. The maximum absolute atomic E-state index is 14.8. The molecule has 0 radical (unpaired) electrons. The summed E-state index contributed by atoms with van der Waals surface area (Å²) < 4.78 is 5.50. The molecular formula is C56H82N12O10. The highest BCUT2D eigenvalue weighted by atomic mass is 16.5. The minimum atomic E-state index is -1.86. The number of carbonyl (C=O) groups is 9. The van der Waals surface area contributed by atoms with E-state index in [0.29, 0.717) is 48.5 Å². The average molecular weight is 1080 g/mol. The van der Waals surface area contributed by atoms with E-state index in [0.717, 1.165) is 24.8 Å². The van der Waals surface area contributed by atoms with E-state index in [1.165, 1.54) is 24.2 Å². The van der Waals surface area contributed by atoms with Crippen molar-refractivity contribution >= 4 is 59.0 Å². The van der Waals surface area contributed by atoms with E-state index in [1.54, 1.807) is 75.4 Å². The molecule has 426 valence electrons. The van der Waals surface area contributed by atoms with Crippen molar-refractivity contribution in [1.82, 2.24) is 31.5 Å². The van der Waals surface area contributed by atoms with Crippen LogP contribution in [0.25, 0.3) is 0 Å². The molecule has 4 aliphatic carbocycles. The summed E-state index contributed by atoms with van der Waals surface area (Å²) >= 11 is 0. The second kappa shape index (κ2) is 27.1. The summed E-state index contributed by atoms with van der Waals surface area (Å²) in [6.45, 7) is 7.48. The van der Waals surface area contributed by atoms with Gasteiger partial charge in [-0.1, -0.05) is 63.2 Å². The Balaban J connectivity index is 1.07. The third-order valence-corrected chi connectivity index (χ3v) is 16.0. The summed E-state index contributed by atoms with van der Waals surface area (Å²) in [6.07, 6.45) is 6.77. The quantitative estimate of drug-likeness (QED) is 0.0242. The number of nitrogens with two attached hydrogens (primary N) is 5. The maximum atomic E-state index is 14.8. The van der Waals surface area contributed by atoms with Gasteiger partial charge >= 0.3 is 0 Å². The number of aliphatic imine (C=N–C) groups is 1. The van der Waals surface area contributed by atoms with Crippen LogP contribution in [0.2, 0.25) is 0 Å². The minimum Gasteiger partial charge on any atom is -0.494 e. The fourth-order valence-electron chi connectivity index (χ4n) is 12.5. The van der Waals surface area contributed by atoms with Gasteiger partial charge in [0.05, 0.1) is 25.1 Å². The monoisotopic (exact) mass is 1080 g/mol. The van der Waals surface area contributed by atoms with Crippen LogP contribution in [0.5, 0.6) is 5.75 Å². The minimum absolute atomic E-state index is 0.0441. The van der Waals surface area contributed by atoms with E-state index in [2.05, 4.69) is 31.6 Å². The molecule has 1 heterocycles. The molecule has 15 N–H and O–H groups in total. The van der Waals surface area contributed by atoms with Gasteiger partial charge < -0.3 is 59.6 Å². The number of nitrogens with one attached hydrogen (secondary N) is 5. The standard InChI is InChI=1S/C56H82N12O10/c1-5-39(57)52(76)68-21-11-19-56(68,44(69)31-55-28-35-22-36(29-55)24-37(23-35)30-55)53(77)65-41(47(60)71)14-10-20-62-54(61)67-50(74)43(27-45(59)70)64-51(75)46(32(3)4)66-49(73)42(26-33-12-8-7-9-13-33)63-48(72)40(58)25-34-15-17-38(18-16-34)78-6-2/h7-9,12-13,15-18,32,35-37,39-43,46H,5-6,10-11,14,19-31,57-58H2,1-4H3,(H2,59,70)(H2,60,71)(H,63,72)(H,64,75)(H,65,77)(H,66,73)(H3,61,62,67,74)/t35?,36?,37?,39?,40-,41-,42-,43-,46-,55?,56+/m0/s1. The number of amides is 8. The van der Waals surface area contributed by atoms with Crippen molar-refractivity contribution in [3.8, 4) is 5.75 Å². The smallest absolute Gasteiger partial charge is 0.254 e. The molecule has 22 heteroatoms. The molecule has 0 aromatic heterocycles. The molecule has 78 heavy (non-hydrogen) atoms. The van der Waals surface area contributed by atoms with Crippen molar-refractivity contribution < 1.29 is 47.9 Å². The zero-order chi connectivity index (χ0) is 56.9. The topological polar surface area (TPSA) is 369 Å². The van der Waals surface area contributed by atoms with Gasteiger partial charge in [0, 0.05) is 25.9 Å². The summed E-state index contributed by atoms with van der Waals surface area (Å²) in [5.41, 5.74) is 29.4. The predicted molar refractivity (Wildman–Crippen MR) is 291 cm³/mol. The summed E-state index contributed by atoms with van der Waals surface area (Å²) in [5.74, 6) is -5.24. The molecule has 0 spiro atoms. The van der Waals surface area contributed by atoms with Gasteiger partial charge in [0.15, 0.2) is 17.3 Å². The maximum Gasteiger partial charge on any atom is 0.254 e. The molecule has 1 aliphatic heterocycles. The SMILES string of the molecule is CCOc1ccc(C[C@H](N)C(=O)N[C@@H](Cc2ccccc2)C(=O)N[C@H](C(=O)N[C@@H](CC(N)=O)C(=O)NC(N)=NCCC[C@H](NC(=O)[C@]2(C(=O)CC34CC5CC(CC(C5)C3)C4)CCCN2C(=O)C(N)CC)C(N)=O)C(C)C)cc1. The largest absolute Gasteiger partial charge is 0.494 e. The Kier molecular flexibility index (Phi) is 20.9. The number of hydrogen-bond acceptors (Lipinski definition) is 13. The van der Waals surface area contributed by atoms with Crippen LogP contribution in [0, 0.1) is 29.1 Å². The second-order valence-corrected chi connectivity index (χ2v) is 22.4. The number of ketones is 1. The number of primary amides is 2. The number of nitrogens with zero attached hydrogens (tertiary/aromatic N) is 2. The Morgan fingerprint density at radius 3 is 1.91 bits per heavy atom. The van der Waals surface area contributed by atoms with Crippen molar-refractivity contribution in [1.29, 1.82) is 0 Å².